The zero-order valence-corrected chi connectivity index (χ0v) is 20.3. The van der Waals surface area contributed by atoms with Gasteiger partial charge in [0, 0.05) is 30.8 Å². The number of phenolic OH excluding ortho intramolecular Hbond substituents is 2. The molecule has 2 aliphatic rings. The highest BCUT2D eigenvalue weighted by Gasteiger charge is 2.31. The third-order valence-electron chi connectivity index (χ3n) is 7.08. The zero-order valence-electron chi connectivity index (χ0n) is 20.3. The Kier molecular flexibility index (Phi) is 6.58. The van der Waals surface area contributed by atoms with Crippen molar-refractivity contribution < 1.29 is 28.5 Å². The fraction of sp³-hybridized carbons (Fsp3) is 0.310. The number of allylic oxidation sites excluding steroid dienone is 1. The van der Waals surface area contributed by atoms with Crippen LogP contribution in [-0.4, -0.2) is 41.4 Å². The molecular formula is C29H29F2NO4. The minimum atomic E-state index is -1.05. The van der Waals surface area contributed by atoms with E-state index in [0.29, 0.717) is 29.1 Å². The van der Waals surface area contributed by atoms with Crippen molar-refractivity contribution >= 4 is 11.1 Å². The van der Waals surface area contributed by atoms with E-state index in [1.165, 1.54) is 12.5 Å². The molecule has 0 aliphatic carbocycles. The molecule has 5 nitrogen and oxygen atoms in total. The van der Waals surface area contributed by atoms with Gasteiger partial charge < -0.3 is 19.7 Å². The predicted molar refractivity (Wildman–Crippen MR) is 134 cm³/mol. The Morgan fingerprint density at radius 3 is 2.36 bits per heavy atom. The molecule has 2 heterocycles. The summed E-state index contributed by atoms with van der Waals surface area (Å²) >= 11 is 0. The zero-order chi connectivity index (χ0) is 25.4. The Hall–Kier alpha value is -3.58. The van der Waals surface area contributed by atoms with Gasteiger partial charge in [0.25, 0.3) is 0 Å². The minimum Gasteiger partial charge on any atom is -0.508 e. The molecule has 1 atom stereocenters. The number of rotatable bonds is 7. The van der Waals surface area contributed by atoms with Crippen molar-refractivity contribution in [3.63, 3.8) is 0 Å². The van der Waals surface area contributed by atoms with Gasteiger partial charge in [-0.05, 0) is 72.0 Å². The second-order valence-corrected chi connectivity index (χ2v) is 9.46. The lowest BCUT2D eigenvalue weighted by atomic mass is 9.86. The Balaban J connectivity index is 1.42. The van der Waals surface area contributed by atoms with Crippen LogP contribution >= 0.6 is 0 Å². The smallest absolute Gasteiger partial charge is 0.187 e. The normalized spacial score (nSPS) is 17.9. The Bertz CT molecular complexity index is 1280. The summed E-state index contributed by atoms with van der Waals surface area (Å²) in [6.07, 6.45) is 0.555. The molecule has 1 fully saturated rings. The Morgan fingerprint density at radius 2 is 1.69 bits per heavy atom. The topological polar surface area (TPSA) is 62.2 Å². The second kappa shape index (κ2) is 9.82. The number of aromatic hydroxyl groups is 2. The minimum absolute atomic E-state index is 0.0579. The lowest BCUT2D eigenvalue weighted by Crippen LogP contribution is -2.47. The van der Waals surface area contributed by atoms with Crippen molar-refractivity contribution in [3.8, 4) is 23.0 Å². The number of nitrogens with zero attached hydrogens (tertiary/aromatic N) is 1. The summed E-state index contributed by atoms with van der Waals surface area (Å²) < 4.78 is 40.8. The monoisotopic (exact) mass is 493 g/mol. The van der Waals surface area contributed by atoms with E-state index in [4.69, 9.17) is 9.47 Å². The first-order valence-corrected chi connectivity index (χ1v) is 12.2. The van der Waals surface area contributed by atoms with E-state index in [0.717, 1.165) is 49.0 Å². The van der Waals surface area contributed by atoms with E-state index in [2.05, 4.69) is 11.8 Å². The molecule has 3 aromatic rings. The molecule has 0 amide bonds. The fourth-order valence-corrected chi connectivity index (χ4v) is 4.91. The van der Waals surface area contributed by atoms with E-state index in [1.807, 2.05) is 31.2 Å². The molecule has 5 rings (SSSR count). The van der Waals surface area contributed by atoms with Crippen molar-refractivity contribution in [2.45, 2.75) is 26.4 Å². The van der Waals surface area contributed by atoms with Crippen molar-refractivity contribution in [1.29, 1.82) is 0 Å². The van der Waals surface area contributed by atoms with Crippen LogP contribution in [0.4, 0.5) is 8.78 Å². The average molecular weight is 494 g/mol. The molecule has 0 spiro atoms. The molecule has 36 heavy (non-hydrogen) atoms. The van der Waals surface area contributed by atoms with E-state index >= 15 is 0 Å². The highest BCUT2D eigenvalue weighted by molar-refractivity contribution is 5.95. The van der Waals surface area contributed by atoms with Crippen LogP contribution in [0.1, 0.15) is 43.1 Å². The van der Waals surface area contributed by atoms with Crippen LogP contribution in [0.25, 0.3) is 11.1 Å². The molecule has 2 aliphatic heterocycles. The molecule has 0 aromatic heterocycles. The van der Waals surface area contributed by atoms with E-state index in [9.17, 15) is 19.0 Å². The van der Waals surface area contributed by atoms with E-state index < -0.39 is 23.5 Å². The first-order valence-electron chi connectivity index (χ1n) is 12.2. The highest BCUT2D eigenvalue weighted by Crippen LogP contribution is 2.48. The standard InChI is InChI=1S/C29H29F2NO4/c1-3-18-15-32(16-18)10-11-35-22-7-4-19(5-8-22)29-27(20-12-24(30)28(34)25(31)13-20)17(2)23-14-21(33)6-9-26(23)36-29/h4-9,12-14,18,29,33-34H,3,10-11,15-16H2,1-2H3. The number of ether oxygens (including phenoxy) is 2. The molecule has 3 aromatic carbocycles. The Morgan fingerprint density at radius 1 is 1.00 bits per heavy atom. The number of phenols is 2. The van der Waals surface area contributed by atoms with Gasteiger partial charge in [0.15, 0.2) is 17.4 Å². The summed E-state index contributed by atoms with van der Waals surface area (Å²) in [7, 11) is 0. The van der Waals surface area contributed by atoms with Crippen LogP contribution in [0.3, 0.4) is 0 Å². The molecule has 1 saturated heterocycles. The van der Waals surface area contributed by atoms with E-state index in [1.54, 1.807) is 12.1 Å². The first-order chi connectivity index (χ1) is 17.3. The summed E-state index contributed by atoms with van der Waals surface area (Å²) in [6, 6.07) is 14.4. The molecule has 0 saturated carbocycles. The second-order valence-electron chi connectivity index (χ2n) is 9.46. The maximum Gasteiger partial charge on any atom is 0.187 e. The van der Waals surface area contributed by atoms with Gasteiger partial charge in [0.1, 0.15) is 30.0 Å². The van der Waals surface area contributed by atoms with Gasteiger partial charge in [-0.25, -0.2) is 8.78 Å². The van der Waals surface area contributed by atoms with Crippen LogP contribution in [0.5, 0.6) is 23.0 Å². The molecule has 0 bridgehead atoms. The molecule has 0 radical (unpaired) electrons. The summed E-state index contributed by atoms with van der Waals surface area (Å²) in [5, 5.41) is 19.6. The number of halogens is 2. The fourth-order valence-electron chi connectivity index (χ4n) is 4.91. The molecule has 7 heteroatoms. The van der Waals surface area contributed by atoms with Gasteiger partial charge >= 0.3 is 0 Å². The van der Waals surface area contributed by atoms with Crippen LogP contribution in [0.15, 0.2) is 54.6 Å². The molecule has 1 unspecified atom stereocenters. The van der Waals surface area contributed by atoms with Crippen LogP contribution < -0.4 is 9.47 Å². The number of fused-ring (bicyclic) bond motifs is 1. The lowest BCUT2D eigenvalue weighted by Gasteiger charge is -2.38. The largest absolute Gasteiger partial charge is 0.508 e. The summed E-state index contributed by atoms with van der Waals surface area (Å²) in [5.41, 5.74) is 2.91. The maximum absolute atomic E-state index is 14.3. The maximum atomic E-state index is 14.3. The van der Waals surface area contributed by atoms with Gasteiger partial charge in [-0.15, -0.1) is 0 Å². The number of likely N-dealkylation sites (tertiary alicyclic amines) is 1. The van der Waals surface area contributed by atoms with Crippen molar-refractivity contribution in [1.82, 2.24) is 4.90 Å². The van der Waals surface area contributed by atoms with Crippen LogP contribution in [-0.2, 0) is 0 Å². The van der Waals surface area contributed by atoms with Crippen molar-refractivity contribution in [3.05, 3.63) is 82.9 Å². The van der Waals surface area contributed by atoms with Gasteiger partial charge in [-0.2, -0.15) is 0 Å². The van der Waals surface area contributed by atoms with Gasteiger partial charge in [0.2, 0.25) is 0 Å². The summed E-state index contributed by atoms with van der Waals surface area (Å²) in [5.74, 6) is -0.981. The van der Waals surface area contributed by atoms with Crippen molar-refractivity contribution in [2.24, 2.45) is 5.92 Å². The number of hydrogen-bond acceptors (Lipinski definition) is 5. The molecule has 2 N–H and O–H groups in total. The van der Waals surface area contributed by atoms with Crippen LogP contribution in [0.2, 0.25) is 0 Å². The van der Waals surface area contributed by atoms with Crippen molar-refractivity contribution in [2.75, 3.05) is 26.2 Å². The van der Waals surface area contributed by atoms with Gasteiger partial charge in [-0.3, -0.25) is 4.90 Å². The highest BCUT2D eigenvalue weighted by atomic mass is 19.1. The van der Waals surface area contributed by atoms with Gasteiger partial charge in [0.05, 0.1) is 0 Å². The van der Waals surface area contributed by atoms with E-state index in [-0.39, 0.29) is 11.3 Å². The Labute approximate surface area is 209 Å². The third kappa shape index (κ3) is 4.63. The SMILES string of the molecule is CCC1CN(CCOc2ccc(C3Oc4ccc(O)cc4C(C)=C3c3cc(F)c(O)c(F)c3)cc2)C1. The summed E-state index contributed by atoms with van der Waals surface area (Å²) in [4.78, 5) is 2.38. The quantitative estimate of drug-likeness (QED) is 0.413. The number of hydrogen-bond donors (Lipinski definition) is 2. The average Bonchev–Trinajstić information content (AvgIpc) is 2.84. The molecular weight excluding hydrogens is 464 g/mol. The summed E-state index contributed by atoms with van der Waals surface area (Å²) in [6.45, 7) is 7.78. The molecule has 188 valence electrons. The predicted octanol–water partition coefficient (Wildman–Crippen LogP) is 6.16. The van der Waals surface area contributed by atoms with Crippen LogP contribution in [0, 0.1) is 17.6 Å². The van der Waals surface area contributed by atoms with Gasteiger partial charge in [-0.1, -0.05) is 25.5 Å². The third-order valence-corrected chi connectivity index (χ3v) is 7.08. The lowest BCUT2D eigenvalue weighted by molar-refractivity contribution is 0.0806. The first kappa shape index (κ1) is 24.1. The number of benzene rings is 3.